The quantitative estimate of drug-likeness (QED) is 0.771. The molecule has 2 aromatic rings. The Morgan fingerprint density at radius 3 is 2.56 bits per heavy atom. The van der Waals surface area contributed by atoms with Crippen LogP contribution in [0.15, 0.2) is 36.7 Å². The highest BCUT2D eigenvalue weighted by Gasteiger charge is 2.05. The lowest BCUT2D eigenvalue weighted by Gasteiger charge is -2.03. The molecule has 0 spiro atoms. The van der Waals surface area contributed by atoms with Crippen LogP contribution >= 0.6 is 0 Å². The number of nitriles is 1. The topological polar surface area (TPSA) is 58.8 Å². The summed E-state index contributed by atoms with van der Waals surface area (Å²) in [6.45, 7) is 0. The number of hydrogen-bond acceptors (Lipinski definition) is 4. The zero-order chi connectivity index (χ0) is 11.4. The molecule has 5 heteroatoms. The van der Waals surface area contributed by atoms with Gasteiger partial charge in [-0.05, 0) is 12.1 Å². The number of halogens is 1. The molecule has 78 valence electrons. The lowest BCUT2D eigenvalue weighted by atomic mass is 10.2. The van der Waals surface area contributed by atoms with Gasteiger partial charge >= 0.3 is 6.01 Å². The van der Waals surface area contributed by atoms with E-state index in [9.17, 15) is 4.39 Å². The molecular weight excluding hydrogens is 209 g/mol. The molecule has 1 aromatic heterocycles. The Hall–Kier alpha value is -2.48. The second kappa shape index (κ2) is 4.36. The minimum atomic E-state index is -0.541. The molecule has 0 radical (unpaired) electrons. The van der Waals surface area contributed by atoms with E-state index in [1.165, 1.54) is 0 Å². The Balaban J connectivity index is 2.27. The van der Waals surface area contributed by atoms with Crippen LogP contribution < -0.4 is 4.74 Å². The van der Waals surface area contributed by atoms with E-state index in [0.29, 0.717) is 11.3 Å². The molecule has 0 aliphatic rings. The summed E-state index contributed by atoms with van der Waals surface area (Å²) in [5, 5.41) is 8.81. The zero-order valence-electron chi connectivity index (χ0n) is 8.09. The molecule has 0 N–H and O–H groups in total. The van der Waals surface area contributed by atoms with Crippen LogP contribution in [0.2, 0.25) is 0 Å². The predicted octanol–water partition coefficient (Wildman–Crippen LogP) is 2.28. The van der Waals surface area contributed by atoms with Crippen molar-refractivity contribution in [2.24, 2.45) is 0 Å². The number of hydrogen-bond donors (Lipinski definition) is 0. The maximum atomic E-state index is 12.5. The van der Waals surface area contributed by atoms with E-state index in [0.717, 1.165) is 12.4 Å². The summed E-state index contributed by atoms with van der Waals surface area (Å²) in [7, 11) is 0. The summed E-state index contributed by atoms with van der Waals surface area (Å²) in [6, 6.07) is 8.64. The summed E-state index contributed by atoms with van der Waals surface area (Å²) in [6.07, 6.45) is 1.99. The van der Waals surface area contributed by atoms with Crippen LogP contribution in [0.3, 0.4) is 0 Å². The normalized spacial score (nSPS) is 9.50. The van der Waals surface area contributed by atoms with Gasteiger partial charge in [0.05, 0.1) is 18.0 Å². The Bertz CT molecular complexity index is 534. The molecule has 4 nitrogen and oxygen atoms in total. The zero-order valence-corrected chi connectivity index (χ0v) is 8.09. The van der Waals surface area contributed by atoms with Crippen LogP contribution in [0.1, 0.15) is 5.56 Å². The molecule has 0 aliphatic heterocycles. The molecule has 0 atom stereocenters. The van der Waals surface area contributed by atoms with Crippen molar-refractivity contribution in [2.45, 2.75) is 0 Å². The molecule has 0 saturated carbocycles. The van der Waals surface area contributed by atoms with Crippen molar-refractivity contribution in [1.82, 2.24) is 9.97 Å². The summed E-state index contributed by atoms with van der Waals surface area (Å²) in [4.78, 5) is 7.26. The van der Waals surface area contributed by atoms with E-state index in [-0.39, 0.29) is 6.01 Å². The first-order chi connectivity index (χ1) is 7.79. The fourth-order valence-corrected chi connectivity index (χ4v) is 1.10. The third kappa shape index (κ3) is 2.12. The highest BCUT2D eigenvalue weighted by atomic mass is 19.1. The first kappa shape index (κ1) is 10.1. The summed E-state index contributed by atoms with van der Waals surface area (Å²) < 4.78 is 17.8. The summed E-state index contributed by atoms with van der Waals surface area (Å²) in [5.74, 6) is -0.197. The van der Waals surface area contributed by atoms with Crippen LogP contribution in [0.25, 0.3) is 0 Å². The van der Waals surface area contributed by atoms with Crippen molar-refractivity contribution in [3.63, 3.8) is 0 Å². The van der Waals surface area contributed by atoms with Crippen LogP contribution in [-0.2, 0) is 0 Å². The first-order valence-corrected chi connectivity index (χ1v) is 4.44. The number of para-hydroxylation sites is 1. The molecule has 0 fully saturated rings. The summed E-state index contributed by atoms with van der Waals surface area (Å²) >= 11 is 0. The minimum absolute atomic E-state index is 0.00380. The fraction of sp³-hybridized carbons (Fsp3) is 0. The number of rotatable bonds is 2. The van der Waals surface area contributed by atoms with Gasteiger partial charge in [-0.1, -0.05) is 12.1 Å². The van der Waals surface area contributed by atoms with E-state index in [4.69, 9.17) is 10.00 Å². The average molecular weight is 215 g/mol. The van der Waals surface area contributed by atoms with Gasteiger partial charge < -0.3 is 4.74 Å². The lowest BCUT2D eigenvalue weighted by Crippen LogP contribution is -1.93. The first-order valence-electron chi connectivity index (χ1n) is 4.44. The van der Waals surface area contributed by atoms with Crippen molar-refractivity contribution < 1.29 is 9.13 Å². The van der Waals surface area contributed by atoms with E-state index < -0.39 is 5.82 Å². The smallest absolute Gasteiger partial charge is 0.322 e. The third-order valence-corrected chi connectivity index (χ3v) is 1.81. The molecule has 0 saturated heterocycles. The second-order valence-corrected chi connectivity index (χ2v) is 2.89. The van der Waals surface area contributed by atoms with Gasteiger partial charge in [0.25, 0.3) is 0 Å². The van der Waals surface area contributed by atoms with Gasteiger partial charge in [0, 0.05) is 0 Å². The number of benzene rings is 1. The predicted molar refractivity (Wildman–Crippen MR) is 53.2 cm³/mol. The van der Waals surface area contributed by atoms with Gasteiger partial charge in [-0.3, -0.25) is 0 Å². The van der Waals surface area contributed by atoms with Gasteiger partial charge in [-0.15, -0.1) is 0 Å². The molecule has 0 aliphatic carbocycles. The number of ether oxygens (including phenoxy) is 1. The van der Waals surface area contributed by atoms with Gasteiger partial charge in [-0.25, -0.2) is 14.4 Å². The largest absolute Gasteiger partial charge is 0.423 e. The molecular formula is C11H6FN3O. The van der Waals surface area contributed by atoms with E-state index in [1.54, 1.807) is 24.3 Å². The average Bonchev–Trinajstić information content (AvgIpc) is 2.33. The van der Waals surface area contributed by atoms with Crippen molar-refractivity contribution in [2.75, 3.05) is 0 Å². The molecule has 16 heavy (non-hydrogen) atoms. The van der Waals surface area contributed by atoms with Crippen LogP contribution in [-0.4, -0.2) is 9.97 Å². The SMILES string of the molecule is N#Cc1ccccc1Oc1ncc(F)cn1. The molecule has 0 unspecified atom stereocenters. The highest BCUT2D eigenvalue weighted by Crippen LogP contribution is 2.21. The second-order valence-electron chi connectivity index (χ2n) is 2.89. The van der Waals surface area contributed by atoms with E-state index >= 15 is 0 Å². The maximum Gasteiger partial charge on any atom is 0.322 e. The fourth-order valence-electron chi connectivity index (χ4n) is 1.10. The monoisotopic (exact) mass is 215 g/mol. The van der Waals surface area contributed by atoms with Crippen molar-refractivity contribution in [3.05, 3.63) is 48.0 Å². The maximum absolute atomic E-state index is 12.5. The van der Waals surface area contributed by atoms with E-state index in [2.05, 4.69) is 9.97 Å². The Morgan fingerprint density at radius 2 is 1.88 bits per heavy atom. The summed E-state index contributed by atoms with van der Waals surface area (Å²) in [5.41, 5.74) is 0.371. The van der Waals surface area contributed by atoms with Crippen LogP contribution in [0.4, 0.5) is 4.39 Å². The van der Waals surface area contributed by atoms with Crippen LogP contribution in [0, 0.1) is 17.1 Å². The Kier molecular flexibility index (Phi) is 2.74. The van der Waals surface area contributed by atoms with Crippen LogP contribution in [0.5, 0.6) is 11.8 Å². The van der Waals surface area contributed by atoms with Crippen molar-refractivity contribution in [1.29, 1.82) is 5.26 Å². The molecule has 0 amide bonds. The van der Waals surface area contributed by atoms with E-state index in [1.807, 2.05) is 6.07 Å². The number of nitrogens with zero attached hydrogens (tertiary/aromatic N) is 3. The minimum Gasteiger partial charge on any atom is -0.423 e. The Labute approximate surface area is 91.0 Å². The van der Waals surface area contributed by atoms with Gasteiger partial charge in [-0.2, -0.15) is 5.26 Å². The van der Waals surface area contributed by atoms with Crippen molar-refractivity contribution >= 4 is 0 Å². The highest BCUT2D eigenvalue weighted by molar-refractivity contribution is 5.43. The molecule has 1 heterocycles. The van der Waals surface area contributed by atoms with Gasteiger partial charge in [0.1, 0.15) is 11.8 Å². The standard InChI is InChI=1S/C11H6FN3O/c12-9-6-14-11(15-7-9)16-10-4-2-1-3-8(10)5-13/h1-4,6-7H. The van der Waals surface area contributed by atoms with Crippen molar-refractivity contribution in [3.8, 4) is 17.8 Å². The van der Waals surface area contributed by atoms with Gasteiger partial charge in [0.15, 0.2) is 5.82 Å². The number of aromatic nitrogens is 2. The van der Waals surface area contributed by atoms with Gasteiger partial charge in [0.2, 0.25) is 0 Å². The molecule has 2 rings (SSSR count). The molecule has 0 bridgehead atoms. The Morgan fingerprint density at radius 1 is 1.19 bits per heavy atom. The third-order valence-electron chi connectivity index (χ3n) is 1.81. The lowest BCUT2D eigenvalue weighted by molar-refractivity contribution is 0.435. The molecule has 1 aromatic carbocycles.